The number of hydrogen-bond donors (Lipinski definition) is 1. The van der Waals surface area contributed by atoms with Crippen LogP contribution >= 0.6 is 0 Å². The lowest BCUT2D eigenvalue weighted by atomic mass is 9.96. The van der Waals surface area contributed by atoms with Gasteiger partial charge in [-0.25, -0.2) is 0 Å². The fraction of sp³-hybridized carbons (Fsp3) is 0.385. The van der Waals surface area contributed by atoms with E-state index in [0.717, 1.165) is 6.04 Å². The molecule has 0 aromatic heterocycles. The molecule has 0 amide bonds. The first-order chi connectivity index (χ1) is 6.92. The van der Waals surface area contributed by atoms with Crippen LogP contribution in [-0.2, 0) is 0 Å². The van der Waals surface area contributed by atoms with Crippen molar-refractivity contribution in [1.82, 2.24) is 5.32 Å². The van der Waals surface area contributed by atoms with E-state index in [4.69, 9.17) is 0 Å². The summed E-state index contributed by atoms with van der Waals surface area (Å²) in [5.41, 5.74) is 2.95. The van der Waals surface area contributed by atoms with E-state index in [1.54, 1.807) is 0 Å². The molecular formula is C13H15N. The molecule has 1 heteroatoms. The van der Waals surface area contributed by atoms with E-state index in [-0.39, 0.29) is 0 Å². The van der Waals surface area contributed by atoms with Crippen LogP contribution in [0.5, 0.6) is 0 Å². The largest absolute Gasteiger partial charge is 0.307 e. The molecule has 1 saturated heterocycles. The Hall–Kier alpha value is -1.08. The van der Waals surface area contributed by atoms with Crippen LogP contribution in [0, 0.1) is 0 Å². The summed E-state index contributed by atoms with van der Waals surface area (Å²) < 4.78 is 0. The first-order valence-corrected chi connectivity index (χ1v) is 5.44. The maximum absolute atomic E-state index is 3.61. The average Bonchev–Trinajstić information content (AvgIpc) is 2.59. The van der Waals surface area contributed by atoms with Crippen molar-refractivity contribution in [2.24, 2.45) is 0 Å². The lowest BCUT2D eigenvalue weighted by Crippen LogP contribution is -2.31. The van der Waals surface area contributed by atoms with Crippen LogP contribution in [0.3, 0.4) is 0 Å². The van der Waals surface area contributed by atoms with E-state index < -0.39 is 0 Å². The van der Waals surface area contributed by atoms with E-state index in [0.29, 0.717) is 6.04 Å². The zero-order valence-corrected chi connectivity index (χ0v) is 8.24. The maximum Gasteiger partial charge on any atom is 0.0259 e. The molecule has 2 atom stereocenters. The third-order valence-corrected chi connectivity index (χ3v) is 3.29. The van der Waals surface area contributed by atoms with Gasteiger partial charge in [0.25, 0.3) is 0 Å². The quantitative estimate of drug-likeness (QED) is 0.709. The normalized spacial score (nSPS) is 30.1. The topological polar surface area (TPSA) is 12.0 Å². The summed E-state index contributed by atoms with van der Waals surface area (Å²) in [4.78, 5) is 0. The van der Waals surface area contributed by atoms with Gasteiger partial charge in [0, 0.05) is 12.1 Å². The number of fused-ring (bicyclic) bond motifs is 2. The molecule has 1 nitrogen and oxygen atoms in total. The summed E-state index contributed by atoms with van der Waals surface area (Å²) in [5, 5.41) is 3.61. The second-order valence-electron chi connectivity index (χ2n) is 4.31. The van der Waals surface area contributed by atoms with Crippen molar-refractivity contribution >= 4 is 5.57 Å². The smallest absolute Gasteiger partial charge is 0.0259 e. The first kappa shape index (κ1) is 8.25. The molecular weight excluding hydrogens is 170 g/mol. The Bertz CT molecular complexity index is 353. The number of hydrogen-bond acceptors (Lipinski definition) is 1. The SMILES string of the molecule is C1=C(c2ccccc2)C[C@H]2CC[C@H]1N2. The standard InChI is InChI=1S/C13H15N/c1-2-4-10(5-3-1)11-8-12-6-7-13(9-11)14-12/h1-5,8,12-14H,6-7,9H2/t12-,13-/m1/s1. The van der Waals surface area contributed by atoms with Gasteiger partial charge in [-0.1, -0.05) is 36.4 Å². The van der Waals surface area contributed by atoms with Crippen molar-refractivity contribution < 1.29 is 0 Å². The van der Waals surface area contributed by atoms with Gasteiger partial charge >= 0.3 is 0 Å². The molecule has 0 aliphatic carbocycles. The van der Waals surface area contributed by atoms with Gasteiger partial charge in [-0.05, 0) is 30.4 Å². The molecule has 2 bridgehead atoms. The second kappa shape index (κ2) is 3.25. The summed E-state index contributed by atoms with van der Waals surface area (Å²) in [7, 11) is 0. The second-order valence-corrected chi connectivity index (χ2v) is 4.31. The van der Waals surface area contributed by atoms with Gasteiger partial charge in [-0.3, -0.25) is 0 Å². The predicted octanol–water partition coefficient (Wildman–Crippen LogP) is 2.59. The fourth-order valence-corrected chi connectivity index (χ4v) is 2.59. The Morgan fingerprint density at radius 2 is 1.93 bits per heavy atom. The van der Waals surface area contributed by atoms with E-state index >= 15 is 0 Å². The average molecular weight is 185 g/mol. The third kappa shape index (κ3) is 1.38. The molecule has 0 spiro atoms. The zero-order chi connectivity index (χ0) is 9.38. The van der Waals surface area contributed by atoms with Gasteiger partial charge in [0.1, 0.15) is 0 Å². The highest BCUT2D eigenvalue weighted by Crippen LogP contribution is 2.31. The highest BCUT2D eigenvalue weighted by Gasteiger charge is 2.27. The van der Waals surface area contributed by atoms with Crippen LogP contribution in [0.2, 0.25) is 0 Å². The summed E-state index contributed by atoms with van der Waals surface area (Å²) in [6.45, 7) is 0. The van der Waals surface area contributed by atoms with Crippen LogP contribution in [-0.4, -0.2) is 12.1 Å². The molecule has 2 heterocycles. The molecule has 0 radical (unpaired) electrons. The summed E-state index contributed by atoms with van der Waals surface area (Å²) in [6, 6.07) is 12.1. The van der Waals surface area contributed by atoms with Gasteiger partial charge in [0.15, 0.2) is 0 Å². The van der Waals surface area contributed by atoms with Crippen molar-refractivity contribution in [2.45, 2.75) is 31.3 Å². The van der Waals surface area contributed by atoms with Gasteiger partial charge < -0.3 is 5.32 Å². The minimum Gasteiger partial charge on any atom is -0.307 e. The van der Waals surface area contributed by atoms with E-state index in [1.165, 1.54) is 30.4 Å². The molecule has 1 aromatic rings. The molecule has 1 fully saturated rings. The molecule has 1 N–H and O–H groups in total. The predicted molar refractivity (Wildman–Crippen MR) is 59.0 cm³/mol. The number of rotatable bonds is 1. The van der Waals surface area contributed by atoms with Crippen molar-refractivity contribution in [2.75, 3.05) is 0 Å². The molecule has 2 aliphatic heterocycles. The number of nitrogens with one attached hydrogen (secondary N) is 1. The highest BCUT2D eigenvalue weighted by molar-refractivity contribution is 5.67. The Morgan fingerprint density at radius 1 is 1.07 bits per heavy atom. The molecule has 0 unspecified atom stereocenters. The van der Waals surface area contributed by atoms with Crippen molar-refractivity contribution in [1.29, 1.82) is 0 Å². The minimum absolute atomic E-state index is 0.643. The van der Waals surface area contributed by atoms with Crippen molar-refractivity contribution in [3.05, 3.63) is 42.0 Å². The molecule has 72 valence electrons. The van der Waals surface area contributed by atoms with Gasteiger partial charge in [-0.2, -0.15) is 0 Å². The third-order valence-electron chi connectivity index (χ3n) is 3.29. The Kier molecular flexibility index (Phi) is 1.91. The van der Waals surface area contributed by atoms with E-state index in [9.17, 15) is 0 Å². The van der Waals surface area contributed by atoms with Crippen molar-refractivity contribution in [3.63, 3.8) is 0 Å². The van der Waals surface area contributed by atoms with Crippen LogP contribution in [0.4, 0.5) is 0 Å². The summed E-state index contributed by atoms with van der Waals surface area (Å²) in [5.74, 6) is 0. The van der Waals surface area contributed by atoms with E-state index in [2.05, 4.69) is 41.7 Å². The van der Waals surface area contributed by atoms with Crippen LogP contribution in [0.25, 0.3) is 5.57 Å². The summed E-state index contributed by atoms with van der Waals surface area (Å²) in [6.07, 6.45) is 6.29. The highest BCUT2D eigenvalue weighted by atomic mass is 15.0. The molecule has 2 aliphatic rings. The van der Waals surface area contributed by atoms with Crippen molar-refractivity contribution in [3.8, 4) is 0 Å². The number of benzene rings is 1. The first-order valence-electron chi connectivity index (χ1n) is 5.44. The van der Waals surface area contributed by atoms with Crippen LogP contribution in [0.15, 0.2) is 36.4 Å². The zero-order valence-electron chi connectivity index (χ0n) is 8.24. The van der Waals surface area contributed by atoms with Gasteiger partial charge in [0.2, 0.25) is 0 Å². The van der Waals surface area contributed by atoms with Crippen LogP contribution < -0.4 is 5.32 Å². The Balaban J connectivity index is 1.93. The summed E-state index contributed by atoms with van der Waals surface area (Å²) >= 11 is 0. The monoisotopic (exact) mass is 185 g/mol. The maximum atomic E-state index is 3.61. The lowest BCUT2D eigenvalue weighted by molar-refractivity contribution is 0.575. The minimum atomic E-state index is 0.643. The lowest BCUT2D eigenvalue weighted by Gasteiger charge is -2.21. The molecule has 3 rings (SSSR count). The Labute approximate surface area is 84.8 Å². The van der Waals surface area contributed by atoms with Gasteiger partial charge in [0.05, 0.1) is 0 Å². The molecule has 1 aromatic carbocycles. The fourth-order valence-electron chi connectivity index (χ4n) is 2.59. The van der Waals surface area contributed by atoms with Crippen LogP contribution in [0.1, 0.15) is 24.8 Å². The van der Waals surface area contributed by atoms with E-state index in [1.807, 2.05) is 0 Å². The van der Waals surface area contributed by atoms with Gasteiger partial charge in [-0.15, -0.1) is 0 Å². The molecule has 14 heavy (non-hydrogen) atoms. The Morgan fingerprint density at radius 3 is 2.71 bits per heavy atom. The molecule has 0 saturated carbocycles.